The lowest BCUT2D eigenvalue weighted by atomic mass is 10.1. The van der Waals surface area contributed by atoms with Crippen molar-refractivity contribution < 1.29 is 19.1 Å². The zero-order valence-electron chi connectivity index (χ0n) is 19.7. The Kier molecular flexibility index (Phi) is 9.13. The minimum absolute atomic E-state index is 0.130. The number of anilines is 2. The zero-order valence-corrected chi connectivity index (χ0v) is 19.7. The van der Waals surface area contributed by atoms with Crippen molar-refractivity contribution in [3.63, 3.8) is 0 Å². The van der Waals surface area contributed by atoms with E-state index < -0.39 is 11.8 Å². The Balaban J connectivity index is 1.41. The number of carbonyl (C=O) groups excluding carboxylic acids is 3. The highest BCUT2D eigenvalue weighted by Crippen LogP contribution is 2.13. The van der Waals surface area contributed by atoms with E-state index in [0.717, 1.165) is 18.4 Å². The summed E-state index contributed by atoms with van der Waals surface area (Å²) in [5.41, 5.74) is 6.45. The van der Waals surface area contributed by atoms with Crippen LogP contribution in [0.2, 0.25) is 0 Å². The van der Waals surface area contributed by atoms with Gasteiger partial charge in [0.05, 0.1) is 6.21 Å². The number of aryl methyl sites for hydroxylation is 2. The summed E-state index contributed by atoms with van der Waals surface area (Å²) in [7, 11) is 0. The largest absolute Gasteiger partial charge is 0.484 e. The van der Waals surface area contributed by atoms with Crippen LogP contribution in [0.25, 0.3) is 0 Å². The number of nitrogens with one attached hydrogen (secondary N) is 3. The van der Waals surface area contributed by atoms with Crippen LogP contribution in [0.4, 0.5) is 11.4 Å². The minimum Gasteiger partial charge on any atom is -0.484 e. The second-order valence-corrected chi connectivity index (χ2v) is 7.66. The normalized spacial score (nSPS) is 10.6. The molecule has 0 aliphatic carbocycles. The molecule has 35 heavy (non-hydrogen) atoms. The van der Waals surface area contributed by atoms with Crippen molar-refractivity contribution in [1.82, 2.24) is 5.43 Å². The summed E-state index contributed by atoms with van der Waals surface area (Å²) >= 11 is 0. The maximum absolute atomic E-state index is 12.1. The van der Waals surface area contributed by atoms with E-state index in [2.05, 4.69) is 28.1 Å². The summed E-state index contributed by atoms with van der Waals surface area (Å²) in [6.07, 6.45) is 3.23. The third kappa shape index (κ3) is 8.12. The van der Waals surface area contributed by atoms with Crippen molar-refractivity contribution in [3.05, 3.63) is 89.5 Å². The Bertz CT molecular complexity index is 1170. The van der Waals surface area contributed by atoms with Gasteiger partial charge in [0.25, 0.3) is 5.91 Å². The van der Waals surface area contributed by atoms with Gasteiger partial charge >= 0.3 is 11.8 Å². The van der Waals surface area contributed by atoms with Gasteiger partial charge in [-0.1, -0.05) is 38.1 Å². The van der Waals surface area contributed by atoms with Crippen LogP contribution in [0.1, 0.15) is 30.5 Å². The Morgan fingerprint density at radius 3 is 1.83 bits per heavy atom. The van der Waals surface area contributed by atoms with E-state index in [1.165, 1.54) is 11.8 Å². The van der Waals surface area contributed by atoms with Gasteiger partial charge in [0, 0.05) is 11.4 Å². The van der Waals surface area contributed by atoms with Crippen molar-refractivity contribution in [2.45, 2.75) is 26.7 Å². The van der Waals surface area contributed by atoms with Crippen LogP contribution in [0.5, 0.6) is 5.75 Å². The second kappa shape index (κ2) is 12.7. The van der Waals surface area contributed by atoms with Gasteiger partial charge in [0.15, 0.2) is 6.61 Å². The van der Waals surface area contributed by atoms with Crippen LogP contribution < -0.4 is 20.8 Å². The number of hydrogen-bond donors (Lipinski definition) is 3. The Morgan fingerprint density at radius 1 is 0.743 bits per heavy atom. The predicted octanol–water partition coefficient (Wildman–Crippen LogP) is 3.92. The van der Waals surface area contributed by atoms with Gasteiger partial charge in [-0.05, 0) is 78.1 Å². The number of rotatable bonds is 9. The lowest BCUT2D eigenvalue weighted by Crippen LogP contribution is -2.32. The van der Waals surface area contributed by atoms with Crippen LogP contribution in [0, 0.1) is 0 Å². The molecule has 0 atom stereocenters. The third-order valence-electron chi connectivity index (χ3n) is 5.10. The summed E-state index contributed by atoms with van der Waals surface area (Å²) in [5.74, 6) is -1.44. The fraction of sp³-hybridized carbons (Fsp3) is 0.185. The van der Waals surface area contributed by atoms with Crippen molar-refractivity contribution in [2.24, 2.45) is 5.10 Å². The SMILES string of the molecule is CCc1ccc(NC(=O)COc2ccc(/C=N\NC(=O)C(=O)Nc3ccc(CC)cc3)cc2)cc1. The van der Waals surface area contributed by atoms with E-state index in [0.29, 0.717) is 22.7 Å². The smallest absolute Gasteiger partial charge is 0.329 e. The lowest BCUT2D eigenvalue weighted by molar-refractivity contribution is -0.136. The monoisotopic (exact) mass is 472 g/mol. The molecule has 0 fully saturated rings. The third-order valence-corrected chi connectivity index (χ3v) is 5.10. The summed E-state index contributed by atoms with van der Waals surface area (Å²) in [6.45, 7) is 3.98. The first kappa shape index (κ1) is 25.2. The van der Waals surface area contributed by atoms with E-state index in [4.69, 9.17) is 4.74 Å². The molecule has 3 aromatic rings. The highest BCUT2D eigenvalue weighted by molar-refractivity contribution is 6.39. The fourth-order valence-electron chi connectivity index (χ4n) is 3.05. The molecule has 0 spiro atoms. The number of hydrazone groups is 1. The zero-order chi connectivity index (χ0) is 25.0. The van der Waals surface area contributed by atoms with Gasteiger partial charge < -0.3 is 15.4 Å². The van der Waals surface area contributed by atoms with Crippen molar-refractivity contribution in [2.75, 3.05) is 17.2 Å². The standard InChI is InChI=1S/C27H28N4O4/c1-3-19-5-11-22(12-6-19)29-25(32)18-35-24-15-9-21(10-16-24)17-28-31-27(34)26(33)30-23-13-7-20(4-2)8-14-23/h5-17H,3-4,18H2,1-2H3,(H,29,32)(H,30,33)(H,31,34)/b28-17-. The molecule has 0 saturated carbocycles. The fourth-order valence-corrected chi connectivity index (χ4v) is 3.05. The molecule has 0 aliphatic heterocycles. The molecule has 0 unspecified atom stereocenters. The molecule has 0 heterocycles. The Morgan fingerprint density at radius 2 is 1.29 bits per heavy atom. The number of carbonyl (C=O) groups is 3. The first-order valence-corrected chi connectivity index (χ1v) is 11.3. The van der Waals surface area contributed by atoms with E-state index in [-0.39, 0.29) is 12.5 Å². The topological polar surface area (TPSA) is 109 Å². The molecule has 180 valence electrons. The van der Waals surface area contributed by atoms with Gasteiger partial charge in [0.1, 0.15) is 5.75 Å². The second-order valence-electron chi connectivity index (χ2n) is 7.66. The van der Waals surface area contributed by atoms with Crippen LogP contribution >= 0.6 is 0 Å². The average molecular weight is 473 g/mol. The molecular formula is C27H28N4O4. The summed E-state index contributed by atoms with van der Waals surface area (Å²) < 4.78 is 5.51. The summed E-state index contributed by atoms with van der Waals surface area (Å²) in [4.78, 5) is 36.0. The molecule has 3 N–H and O–H groups in total. The Labute approximate surface area is 204 Å². The lowest BCUT2D eigenvalue weighted by Gasteiger charge is -2.08. The van der Waals surface area contributed by atoms with E-state index in [9.17, 15) is 14.4 Å². The van der Waals surface area contributed by atoms with E-state index in [1.807, 2.05) is 43.3 Å². The Hall–Kier alpha value is -4.46. The number of benzene rings is 3. The maximum Gasteiger partial charge on any atom is 0.329 e. The highest BCUT2D eigenvalue weighted by Gasteiger charge is 2.12. The van der Waals surface area contributed by atoms with Gasteiger partial charge in [-0.3, -0.25) is 14.4 Å². The molecule has 8 nitrogen and oxygen atoms in total. The first-order chi connectivity index (χ1) is 17.0. The maximum atomic E-state index is 12.1. The summed E-state index contributed by atoms with van der Waals surface area (Å²) in [6, 6.07) is 21.7. The molecule has 0 aliphatic rings. The van der Waals surface area contributed by atoms with Crippen molar-refractivity contribution in [1.29, 1.82) is 0 Å². The van der Waals surface area contributed by atoms with E-state index >= 15 is 0 Å². The first-order valence-electron chi connectivity index (χ1n) is 11.3. The molecule has 0 bridgehead atoms. The number of nitrogens with zero attached hydrogens (tertiary/aromatic N) is 1. The molecule has 3 aromatic carbocycles. The quantitative estimate of drug-likeness (QED) is 0.249. The molecule has 8 heteroatoms. The number of amides is 3. The molecular weight excluding hydrogens is 444 g/mol. The highest BCUT2D eigenvalue weighted by atomic mass is 16.5. The predicted molar refractivity (Wildman–Crippen MR) is 137 cm³/mol. The minimum atomic E-state index is -0.879. The van der Waals surface area contributed by atoms with Crippen LogP contribution in [0.3, 0.4) is 0 Å². The van der Waals surface area contributed by atoms with Gasteiger partial charge in [-0.25, -0.2) is 5.43 Å². The molecule has 3 amide bonds. The van der Waals surface area contributed by atoms with Crippen LogP contribution in [-0.4, -0.2) is 30.5 Å². The van der Waals surface area contributed by atoms with Crippen LogP contribution in [0.15, 0.2) is 77.9 Å². The molecule has 3 rings (SSSR count). The molecule has 0 aromatic heterocycles. The van der Waals surface area contributed by atoms with Crippen molar-refractivity contribution >= 4 is 35.3 Å². The van der Waals surface area contributed by atoms with Gasteiger partial charge in [-0.2, -0.15) is 5.10 Å². The van der Waals surface area contributed by atoms with E-state index in [1.54, 1.807) is 36.4 Å². The molecule has 0 radical (unpaired) electrons. The van der Waals surface area contributed by atoms with Gasteiger partial charge in [0.2, 0.25) is 0 Å². The van der Waals surface area contributed by atoms with Crippen molar-refractivity contribution in [3.8, 4) is 5.75 Å². The molecule has 0 saturated heterocycles. The summed E-state index contributed by atoms with van der Waals surface area (Å²) in [5, 5.41) is 9.11. The number of ether oxygens (including phenoxy) is 1. The van der Waals surface area contributed by atoms with Crippen LogP contribution in [-0.2, 0) is 27.2 Å². The van der Waals surface area contributed by atoms with Gasteiger partial charge in [-0.15, -0.1) is 0 Å². The number of hydrogen-bond acceptors (Lipinski definition) is 5. The average Bonchev–Trinajstić information content (AvgIpc) is 2.89.